The Hall–Kier alpha value is -1.71. The molecule has 17 heavy (non-hydrogen) atoms. The summed E-state index contributed by atoms with van der Waals surface area (Å²) in [7, 11) is 0. The fraction of sp³-hybridized carbons (Fsp3) is 0.462. The van der Waals surface area contributed by atoms with Crippen molar-refractivity contribution in [2.45, 2.75) is 39.7 Å². The molecule has 0 atom stereocenters. The van der Waals surface area contributed by atoms with Crippen molar-refractivity contribution in [2.75, 3.05) is 0 Å². The van der Waals surface area contributed by atoms with Crippen molar-refractivity contribution in [3.8, 4) is 0 Å². The molecule has 2 heterocycles. The molecule has 0 aliphatic heterocycles. The summed E-state index contributed by atoms with van der Waals surface area (Å²) >= 11 is 0. The molecule has 0 N–H and O–H groups in total. The molecule has 0 saturated heterocycles. The molecule has 2 rings (SSSR count). The van der Waals surface area contributed by atoms with E-state index < -0.39 is 0 Å². The zero-order valence-corrected chi connectivity index (χ0v) is 10.6. The van der Waals surface area contributed by atoms with Crippen molar-refractivity contribution in [1.29, 1.82) is 0 Å². The maximum absolute atomic E-state index is 11.1. The van der Waals surface area contributed by atoms with E-state index in [1.807, 2.05) is 10.7 Å². The van der Waals surface area contributed by atoms with Gasteiger partial charge in [-0.15, -0.1) is 0 Å². The van der Waals surface area contributed by atoms with Gasteiger partial charge in [-0.25, -0.2) is 9.67 Å². The minimum atomic E-state index is 0.238. The Morgan fingerprint density at radius 1 is 1.29 bits per heavy atom. The first-order chi connectivity index (χ1) is 8.04. The summed E-state index contributed by atoms with van der Waals surface area (Å²) in [6.07, 6.45) is 2.60. The molecule has 0 unspecified atom stereocenters. The van der Waals surface area contributed by atoms with E-state index >= 15 is 0 Å². The van der Waals surface area contributed by atoms with Gasteiger partial charge in [0.25, 0.3) is 0 Å². The average Bonchev–Trinajstić information content (AvgIpc) is 2.70. The number of aldehydes is 1. The van der Waals surface area contributed by atoms with Crippen molar-refractivity contribution >= 4 is 17.3 Å². The first-order valence-electron chi connectivity index (χ1n) is 5.88. The molecule has 0 radical (unpaired) electrons. The Bertz CT molecular complexity index is 555. The van der Waals surface area contributed by atoms with Crippen molar-refractivity contribution in [3.63, 3.8) is 0 Å². The summed E-state index contributed by atoms with van der Waals surface area (Å²) in [5.74, 6) is 0.300. The van der Waals surface area contributed by atoms with Gasteiger partial charge >= 0.3 is 0 Å². The third-order valence-electron chi connectivity index (χ3n) is 2.83. The molecule has 4 heteroatoms. The van der Waals surface area contributed by atoms with Crippen molar-refractivity contribution in [3.05, 3.63) is 23.5 Å². The minimum Gasteiger partial charge on any atom is -0.298 e. The van der Waals surface area contributed by atoms with Crippen LogP contribution in [0.4, 0.5) is 0 Å². The lowest BCUT2D eigenvalue weighted by Crippen LogP contribution is -2.05. The molecular weight excluding hydrogens is 214 g/mol. The molecule has 0 saturated carbocycles. The van der Waals surface area contributed by atoms with Gasteiger partial charge in [-0.05, 0) is 25.8 Å². The second kappa shape index (κ2) is 4.28. The third-order valence-corrected chi connectivity index (χ3v) is 2.83. The highest BCUT2D eigenvalue weighted by atomic mass is 16.1. The van der Waals surface area contributed by atoms with Gasteiger partial charge in [0.05, 0.1) is 6.20 Å². The molecule has 0 amide bonds. The van der Waals surface area contributed by atoms with Crippen LogP contribution in [0, 0.1) is 0 Å². The van der Waals surface area contributed by atoms with Crippen molar-refractivity contribution < 1.29 is 4.79 Å². The number of carbonyl (C=O) groups excluding carboxylic acids is 1. The largest absolute Gasteiger partial charge is 0.298 e. The lowest BCUT2D eigenvalue weighted by Gasteiger charge is -2.10. The maximum Gasteiger partial charge on any atom is 0.158 e. The van der Waals surface area contributed by atoms with Crippen LogP contribution in [-0.4, -0.2) is 21.1 Å². The summed E-state index contributed by atoms with van der Waals surface area (Å²) in [6.45, 7) is 8.24. The van der Waals surface area contributed by atoms with Crippen LogP contribution >= 0.6 is 0 Å². The van der Waals surface area contributed by atoms with E-state index in [1.165, 1.54) is 0 Å². The van der Waals surface area contributed by atoms with Crippen molar-refractivity contribution in [1.82, 2.24) is 14.8 Å². The summed E-state index contributed by atoms with van der Waals surface area (Å²) in [5.41, 5.74) is 2.40. The Morgan fingerprint density at radius 2 is 2.00 bits per heavy atom. The molecule has 0 spiro atoms. The predicted octanol–water partition coefficient (Wildman–Crippen LogP) is 2.95. The van der Waals surface area contributed by atoms with Crippen LogP contribution in [-0.2, 0) is 0 Å². The van der Waals surface area contributed by atoms with Crippen LogP contribution in [0.2, 0.25) is 0 Å². The number of fused-ring (bicyclic) bond motifs is 1. The van der Waals surface area contributed by atoms with Gasteiger partial charge in [0.2, 0.25) is 0 Å². The van der Waals surface area contributed by atoms with Gasteiger partial charge < -0.3 is 0 Å². The molecule has 0 bridgehead atoms. The summed E-state index contributed by atoms with van der Waals surface area (Å²) in [4.78, 5) is 15.7. The van der Waals surface area contributed by atoms with Gasteiger partial charge in [0.15, 0.2) is 11.9 Å². The SMILES string of the molecule is CC(C)c1cc(C=O)c2cnn(C(C)C)c2n1. The van der Waals surface area contributed by atoms with Gasteiger partial charge in [0, 0.05) is 22.7 Å². The van der Waals surface area contributed by atoms with E-state index in [9.17, 15) is 4.79 Å². The highest BCUT2D eigenvalue weighted by molar-refractivity contribution is 5.95. The van der Waals surface area contributed by atoms with Crippen LogP contribution in [0.5, 0.6) is 0 Å². The second-order valence-corrected chi connectivity index (χ2v) is 4.83. The van der Waals surface area contributed by atoms with Gasteiger partial charge in [0.1, 0.15) is 0 Å². The quantitative estimate of drug-likeness (QED) is 0.763. The maximum atomic E-state index is 11.1. The zero-order chi connectivity index (χ0) is 12.6. The third kappa shape index (κ3) is 1.95. The smallest absolute Gasteiger partial charge is 0.158 e. The second-order valence-electron chi connectivity index (χ2n) is 4.83. The van der Waals surface area contributed by atoms with Crippen molar-refractivity contribution in [2.24, 2.45) is 0 Å². The van der Waals surface area contributed by atoms with Gasteiger partial charge in [-0.2, -0.15) is 5.10 Å². The van der Waals surface area contributed by atoms with E-state index in [0.29, 0.717) is 11.5 Å². The Labute approximate surface area is 101 Å². The number of nitrogens with zero attached hydrogens (tertiary/aromatic N) is 3. The molecule has 2 aromatic rings. The molecular formula is C13H17N3O. The number of hydrogen-bond donors (Lipinski definition) is 0. The first-order valence-corrected chi connectivity index (χ1v) is 5.88. The number of aromatic nitrogens is 3. The number of pyridine rings is 1. The molecule has 0 aliphatic carbocycles. The number of rotatable bonds is 3. The Balaban J connectivity index is 2.76. The van der Waals surface area contributed by atoms with Gasteiger partial charge in [-0.3, -0.25) is 4.79 Å². The average molecular weight is 231 g/mol. The van der Waals surface area contributed by atoms with Gasteiger partial charge in [-0.1, -0.05) is 13.8 Å². The molecule has 0 aromatic carbocycles. The highest BCUT2D eigenvalue weighted by Crippen LogP contribution is 2.23. The molecule has 2 aromatic heterocycles. The van der Waals surface area contributed by atoms with Crippen LogP contribution in [0.3, 0.4) is 0 Å². The monoisotopic (exact) mass is 231 g/mol. The lowest BCUT2D eigenvalue weighted by molar-refractivity contribution is 0.112. The molecule has 0 aliphatic rings. The predicted molar refractivity (Wildman–Crippen MR) is 67.4 cm³/mol. The standard InChI is InChI=1S/C13H17N3O/c1-8(2)12-5-10(7-17)11-6-14-16(9(3)4)13(11)15-12/h5-9H,1-4H3. The first kappa shape index (κ1) is 11.8. The minimum absolute atomic E-state index is 0.238. The zero-order valence-electron chi connectivity index (χ0n) is 10.6. The van der Waals surface area contributed by atoms with E-state index in [2.05, 4.69) is 37.8 Å². The fourth-order valence-corrected chi connectivity index (χ4v) is 1.83. The topological polar surface area (TPSA) is 47.8 Å². The number of carbonyl (C=O) groups is 1. The summed E-state index contributed by atoms with van der Waals surface area (Å²) in [5, 5.41) is 5.13. The van der Waals surface area contributed by atoms with E-state index in [1.54, 1.807) is 6.20 Å². The lowest BCUT2D eigenvalue weighted by atomic mass is 10.1. The highest BCUT2D eigenvalue weighted by Gasteiger charge is 2.13. The molecule has 4 nitrogen and oxygen atoms in total. The normalized spacial score (nSPS) is 11.6. The van der Waals surface area contributed by atoms with Crippen LogP contribution in [0.15, 0.2) is 12.3 Å². The van der Waals surface area contributed by atoms with E-state index in [-0.39, 0.29) is 6.04 Å². The van der Waals surface area contributed by atoms with Crippen LogP contribution in [0.25, 0.3) is 11.0 Å². The Morgan fingerprint density at radius 3 is 2.53 bits per heavy atom. The summed E-state index contributed by atoms with van der Waals surface area (Å²) < 4.78 is 1.86. The van der Waals surface area contributed by atoms with E-state index in [0.717, 1.165) is 23.0 Å². The summed E-state index contributed by atoms with van der Waals surface area (Å²) in [6, 6.07) is 2.09. The van der Waals surface area contributed by atoms with Crippen LogP contribution < -0.4 is 0 Å². The molecule has 0 fully saturated rings. The Kier molecular flexibility index (Phi) is 2.96. The number of hydrogen-bond acceptors (Lipinski definition) is 3. The van der Waals surface area contributed by atoms with E-state index in [4.69, 9.17) is 0 Å². The van der Waals surface area contributed by atoms with Crippen LogP contribution in [0.1, 0.15) is 55.7 Å². The fourth-order valence-electron chi connectivity index (χ4n) is 1.83. The molecule has 90 valence electrons.